The zero-order valence-corrected chi connectivity index (χ0v) is 8.95. The average Bonchev–Trinajstić information content (AvgIpc) is 2.19. The molecule has 1 aromatic rings. The van der Waals surface area contributed by atoms with Crippen LogP contribution in [-0.2, 0) is 9.47 Å². The molecule has 0 amide bonds. The van der Waals surface area contributed by atoms with Gasteiger partial charge in [0.2, 0.25) is 0 Å². The Morgan fingerprint density at radius 2 is 2.00 bits per heavy atom. The second kappa shape index (κ2) is 5.86. The van der Waals surface area contributed by atoms with Gasteiger partial charge in [-0.1, -0.05) is 17.7 Å². The first-order chi connectivity index (χ1) is 6.76. The molecule has 0 aliphatic heterocycles. The second-order valence-corrected chi connectivity index (χ2v) is 3.11. The summed E-state index contributed by atoms with van der Waals surface area (Å²) in [6.07, 6.45) is -0.353. The normalized spacial score (nSPS) is 10.6. The van der Waals surface area contributed by atoms with E-state index in [0.717, 1.165) is 0 Å². The zero-order valence-electron chi connectivity index (χ0n) is 8.20. The van der Waals surface area contributed by atoms with Gasteiger partial charge in [-0.3, -0.25) is 0 Å². The molecule has 0 saturated heterocycles. The van der Waals surface area contributed by atoms with Crippen molar-refractivity contribution >= 4 is 11.6 Å². The molecule has 78 valence electrons. The summed E-state index contributed by atoms with van der Waals surface area (Å²) in [5, 5.41) is 0.647. The van der Waals surface area contributed by atoms with Crippen molar-refractivity contribution in [1.29, 1.82) is 0 Å². The Labute approximate surface area is 88.5 Å². The molecule has 0 aromatic heterocycles. The highest BCUT2D eigenvalue weighted by Gasteiger charge is 2.05. The van der Waals surface area contributed by atoms with E-state index in [1.807, 2.05) is 12.1 Å². The van der Waals surface area contributed by atoms with E-state index >= 15 is 0 Å². The molecule has 0 heterocycles. The van der Waals surface area contributed by atoms with Crippen LogP contribution in [0.3, 0.4) is 0 Å². The fourth-order valence-electron chi connectivity index (χ4n) is 0.953. The zero-order chi connectivity index (χ0) is 10.4. The van der Waals surface area contributed by atoms with Crippen LogP contribution in [0.25, 0.3) is 0 Å². The lowest BCUT2D eigenvalue weighted by molar-refractivity contribution is -0.121. The summed E-state index contributed by atoms with van der Waals surface area (Å²) in [5.41, 5.74) is 0. The van der Waals surface area contributed by atoms with Crippen LogP contribution >= 0.6 is 11.6 Å². The van der Waals surface area contributed by atoms with Gasteiger partial charge in [-0.15, -0.1) is 0 Å². The van der Waals surface area contributed by atoms with E-state index < -0.39 is 0 Å². The van der Waals surface area contributed by atoms with Gasteiger partial charge in [-0.2, -0.15) is 0 Å². The molecule has 0 radical (unpaired) electrons. The van der Waals surface area contributed by atoms with Crippen LogP contribution in [-0.4, -0.2) is 27.1 Å². The molecular weight excluding hydrogens is 204 g/mol. The first-order valence-corrected chi connectivity index (χ1v) is 4.58. The first kappa shape index (κ1) is 11.3. The molecule has 0 saturated carbocycles. The number of halogens is 1. The summed E-state index contributed by atoms with van der Waals surface area (Å²) in [5.74, 6) is 0.705. The van der Waals surface area contributed by atoms with Gasteiger partial charge in [0.25, 0.3) is 0 Å². The fourth-order valence-corrected chi connectivity index (χ4v) is 1.13. The van der Waals surface area contributed by atoms with Crippen molar-refractivity contribution < 1.29 is 14.2 Å². The maximum absolute atomic E-state index is 5.79. The van der Waals surface area contributed by atoms with E-state index in [0.29, 0.717) is 17.4 Å². The average molecular weight is 217 g/mol. The second-order valence-electron chi connectivity index (χ2n) is 2.67. The Bertz CT molecular complexity index is 274. The summed E-state index contributed by atoms with van der Waals surface area (Å²) >= 11 is 5.79. The van der Waals surface area contributed by atoms with E-state index in [1.54, 1.807) is 26.4 Å². The lowest BCUT2D eigenvalue weighted by Gasteiger charge is -2.14. The predicted molar refractivity (Wildman–Crippen MR) is 54.8 cm³/mol. The molecule has 0 aliphatic rings. The van der Waals surface area contributed by atoms with Gasteiger partial charge in [-0.05, 0) is 18.2 Å². The minimum Gasteiger partial charge on any atom is -0.488 e. The topological polar surface area (TPSA) is 27.7 Å². The Morgan fingerprint density at radius 1 is 1.29 bits per heavy atom. The van der Waals surface area contributed by atoms with Gasteiger partial charge in [0.05, 0.1) is 0 Å². The van der Waals surface area contributed by atoms with E-state index in [4.69, 9.17) is 25.8 Å². The third-order valence-electron chi connectivity index (χ3n) is 1.71. The Kier molecular flexibility index (Phi) is 4.73. The van der Waals surface area contributed by atoms with Crippen molar-refractivity contribution in [3.05, 3.63) is 29.3 Å². The molecule has 3 nitrogen and oxygen atoms in total. The number of ether oxygens (including phenoxy) is 3. The summed E-state index contributed by atoms with van der Waals surface area (Å²) < 4.78 is 15.3. The lowest BCUT2D eigenvalue weighted by Crippen LogP contribution is -2.21. The fraction of sp³-hybridized carbons (Fsp3) is 0.400. The Balaban J connectivity index is 2.44. The Morgan fingerprint density at radius 3 is 2.57 bits per heavy atom. The van der Waals surface area contributed by atoms with Crippen LogP contribution in [0.1, 0.15) is 0 Å². The highest BCUT2D eigenvalue weighted by atomic mass is 35.5. The molecule has 0 atom stereocenters. The van der Waals surface area contributed by atoms with Crippen LogP contribution in [0.2, 0.25) is 5.02 Å². The van der Waals surface area contributed by atoms with Crippen LogP contribution in [0.4, 0.5) is 0 Å². The first-order valence-electron chi connectivity index (χ1n) is 4.20. The smallest absolute Gasteiger partial charge is 0.191 e. The summed E-state index contributed by atoms with van der Waals surface area (Å²) in [6, 6.07) is 7.18. The highest BCUT2D eigenvalue weighted by molar-refractivity contribution is 6.30. The van der Waals surface area contributed by atoms with Gasteiger partial charge in [-0.25, -0.2) is 0 Å². The van der Waals surface area contributed by atoms with Crippen molar-refractivity contribution in [2.24, 2.45) is 0 Å². The molecule has 4 heteroatoms. The van der Waals surface area contributed by atoms with Crippen LogP contribution < -0.4 is 4.74 Å². The molecule has 0 spiro atoms. The number of methoxy groups -OCH3 is 2. The van der Waals surface area contributed by atoms with Gasteiger partial charge in [0, 0.05) is 19.2 Å². The van der Waals surface area contributed by atoms with Gasteiger partial charge in [0.15, 0.2) is 6.29 Å². The number of hydrogen-bond acceptors (Lipinski definition) is 3. The maximum atomic E-state index is 5.79. The van der Waals surface area contributed by atoms with E-state index in [-0.39, 0.29) is 6.29 Å². The van der Waals surface area contributed by atoms with Gasteiger partial charge < -0.3 is 14.2 Å². The van der Waals surface area contributed by atoms with E-state index in [9.17, 15) is 0 Å². The van der Waals surface area contributed by atoms with Crippen LogP contribution in [0.15, 0.2) is 24.3 Å². The molecule has 0 bridgehead atoms. The molecule has 1 aromatic carbocycles. The Hall–Kier alpha value is -0.770. The maximum Gasteiger partial charge on any atom is 0.191 e. The minimum absolute atomic E-state index is 0.341. The number of hydrogen-bond donors (Lipinski definition) is 0. The third-order valence-corrected chi connectivity index (χ3v) is 1.94. The van der Waals surface area contributed by atoms with Crippen molar-refractivity contribution in [2.75, 3.05) is 20.8 Å². The molecule has 14 heavy (non-hydrogen) atoms. The monoisotopic (exact) mass is 216 g/mol. The van der Waals surface area contributed by atoms with E-state index in [2.05, 4.69) is 0 Å². The quantitative estimate of drug-likeness (QED) is 0.708. The largest absolute Gasteiger partial charge is 0.488 e. The standard InChI is InChI=1S/C10H13ClO3/c1-12-10(13-2)7-14-9-5-3-4-8(11)6-9/h3-6,10H,7H2,1-2H3. The lowest BCUT2D eigenvalue weighted by atomic mass is 10.3. The van der Waals surface area contributed by atoms with Gasteiger partial charge >= 0.3 is 0 Å². The number of rotatable bonds is 5. The molecule has 0 unspecified atom stereocenters. The van der Waals surface area contributed by atoms with Crippen molar-refractivity contribution in [3.8, 4) is 5.75 Å². The molecular formula is C10H13ClO3. The highest BCUT2D eigenvalue weighted by Crippen LogP contribution is 2.17. The van der Waals surface area contributed by atoms with Crippen molar-refractivity contribution in [2.45, 2.75) is 6.29 Å². The van der Waals surface area contributed by atoms with Crippen molar-refractivity contribution in [1.82, 2.24) is 0 Å². The van der Waals surface area contributed by atoms with Gasteiger partial charge in [0.1, 0.15) is 12.4 Å². The molecule has 0 aliphatic carbocycles. The molecule has 1 rings (SSSR count). The third kappa shape index (κ3) is 3.54. The summed E-state index contributed by atoms with van der Waals surface area (Å²) in [4.78, 5) is 0. The van der Waals surface area contributed by atoms with Crippen molar-refractivity contribution in [3.63, 3.8) is 0 Å². The van der Waals surface area contributed by atoms with Crippen LogP contribution in [0.5, 0.6) is 5.75 Å². The minimum atomic E-state index is -0.353. The molecule has 0 N–H and O–H groups in total. The van der Waals surface area contributed by atoms with E-state index in [1.165, 1.54) is 0 Å². The summed E-state index contributed by atoms with van der Waals surface area (Å²) in [6.45, 7) is 0.341. The SMILES string of the molecule is COC(COc1cccc(Cl)c1)OC. The molecule has 0 fully saturated rings. The predicted octanol–water partition coefficient (Wildman–Crippen LogP) is 2.34. The summed E-state index contributed by atoms with van der Waals surface area (Å²) in [7, 11) is 3.13. The number of benzene rings is 1. The van der Waals surface area contributed by atoms with Crippen LogP contribution in [0, 0.1) is 0 Å².